The molecule has 1 aromatic rings. The minimum Gasteiger partial charge on any atom is -0.494 e. The van der Waals surface area contributed by atoms with Gasteiger partial charge >= 0.3 is 0 Å². The molecule has 0 atom stereocenters. The topological polar surface area (TPSA) is 29.5 Å². The van der Waals surface area contributed by atoms with Crippen molar-refractivity contribution in [2.75, 3.05) is 13.2 Å². The Morgan fingerprint density at radius 3 is 2.60 bits per heavy atom. The van der Waals surface area contributed by atoms with Crippen molar-refractivity contribution in [1.29, 1.82) is 0 Å². The summed E-state index contributed by atoms with van der Waals surface area (Å²) in [6.45, 7) is 3.00. The minimum absolute atomic E-state index is 0.0781. The lowest BCUT2D eigenvalue weighted by molar-refractivity contribution is 0.309. The zero-order chi connectivity index (χ0) is 10.9. The second-order valence-electron chi connectivity index (χ2n) is 3.36. The number of aliphatic hydroxyl groups is 1. The molecule has 0 aromatic heterocycles. The van der Waals surface area contributed by atoms with E-state index in [0.717, 1.165) is 30.8 Å². The number of rotatable bonds is 6. The average Bonchev–Trinajstić information content (AvgIpc) is 2.28. The third kappa shape index (κ3) is 4.66. The molecule has 0 heterocycles. The average molecular weight is 206 g/mol. The van der Waals surface area contributed by atoms with Gasteiger partial charge in [-0.1, -0.05) is 37.6 Å². The van der Waals surface area contributed by atoms with Gasteiger partial charge in [0.15, 0.2) is 0 Å². The normalized spacial score (nSPS) is 10.8. The van der Waals surface area contributed by atoms with Crippen molar-refractivity contribution in [1.82, 2.24) is 0 Å². The molecule has 0 aliphatic carbocycles. The molecule has 1 N–H and O–H groups in total. The molecule has 1 aromatic carbocycles. The molecular weight excluding hydrogens is 188 g/mol. The predicted octanol–water partition coefficient (Wildman–Crippen LogP) is 2.87. The summed E-state index contributed by atoms with van der Waals surface area (Å²) in [7, 11) is 0. The first-order valence-corrected chi connectivity index (χ1v) is 5.37. The number of unbranched alkanes of at least 4 members (excludes halogenated alkanes) is 1. The Balaban J connectivity index is 2.45. The third-order valence-corrected chi connectivity index (χ3v) is 2.06. The lowest BCUT2D eigenvalue weighted by Crippen LogP contribution is -1.95. The number of hydrogen-bond acceptors (Lipinski definition) is 2. The monoisotopic (exact) mass is 206 g/mol. The number of benzene rings is 1. The van der Waals surface area contributed by atoms with Crippen LogP contribution in [-0.2, 0) is 0 Å². The summed E-state index contributed by atoms with van der Waals surface area (Å²) in [5.74, 6) is 0.907. The highest BCUT2D eigenvalue weighted by atomic mass is 16.5. The molecule has 0 aliphatic rings. The quantitative estimate of drug-likeness (QED) is 0.725. The van der Waals surface area contributed by atoms with E-state index in [4.69, 9.17) is 9.84 Å². The lowest BCUT2D eigenvalue weighted by atomic mass is 10.2. The second kappa shape index (κ2) is 7.07. The van der Waals surface area contributed by atoms with Crippen LogP contribution in [0.4, 0.5) is 0 Å². The van der Waals surface area contributed by atoms with E-state index in [-0.39, 0.29) is 6.61 Å². The summed E-state index contributed by atoms with van der Waals surface area (Å²) in [4.78, 5) is 0. The third-order valence-electron chi connectivity index (χ3n) is 2.06. The maximum atomic E-state index is 8.61. The molecule has 0 saturated carbocycles. The Kier molecular flexibility index (Phi) is 5.56. The highest BCUT2D eigenvalue weighted by Crippen LogP contribution is 2.13. The molecule has 1 rings (SSSR count). The molecule has 0 spiro atoms. The molecule has 0 saturated heterocycles. The van der Waals surface area contributed by atoms with Crippen LogP contribution in [0.3, 0.4) is 0 Å². The fourth-order valence-electron chi connectivity index (χ4n) is 1.20. The Morgan fingerprint density at radius 1 is 1.27 bits per heavy atom. The summed E-state index contributed by atoms with van der Waals surface area (Å²) in [6.07, 6.45) is 5.84. The first-order chi connectivity index (χ1) is 7.36. The number of hydrogen-bond donors (Lipinski definition) is 1. The van der Waals surface area contributed by atoms with Crippen LogP contribution in [0, 0.1) is 0 Å². The van der Waals surface area contributed by atoms with E-state index < -0.39 is 0 Å². The van der Waals surface area contributed by atoms with E-state index in [1.165, 1.54) is 0 Å². The van der Waals surface area contributed by atoms with Crippen LogP contribution in [0.25, 0.3) is 6.08 Å². The van der Waals surface area contributed by atoms with Crippen LogP contribution < -0.4 is 4.74 Å². The summed E-state index contributed by atoms with van der Waals surface area (Å²) in [6, 6.07) is 7.86. The van der Waals surface area contributed by atoms with Gasteiger partial charge in [0.2, 0.25) is 0 Å². The van der Waals surface area contributed by atoms with Crippen molar-refractivity contribution < 1.29 is 9.84 Å². The number of ether oxygens (including phenoxy) is 1. The molecule has 0 bridgehead atoms. The predicted molar refractivity (Wildman–Crippen MR) is 63.0 cm³/mol. The second-order valence-corrected chi connectivity index (χ2v) is 3.36. The van der Waals surface area contributed by atoms with E-state index >= 15 is 0 Å². The minimum atomic E-state index is 0.0781. The van der Waals surface area contributed by atoms with Gasteiger partial charge in [0.05, 0.1) is 13.2 Å². The van der Waals surface area contributed by atoms with Crippen molar-refractivity contribution in [3.63, 3.8) is 0 Å². The summed E-state index contributed by atoms with van der Waals surface area (Å²) >= 11 is 0. The van der Waals surface area contributed by atoms with Crippen molar-refractivity contribution in [3.05, 3.63) is 35.9 Å². The van der Waals surface area contributed by atoms with Crippen molar-refractivity contribution in [2.45, 2.75) is 19.8 Å². The standard InChI is InChI=1S/C13H18O2/c1-2-3-11-15-13-8-6-12(7-9-13)5-4-10-14/h4-9,14H,2-3,10-11H2,1H3. The maximum absolute atomic E-state index is 8.61. The first kappa shape index (κ1) is 11.8. The Hall–Kier alpha value is -1.28. The van der Waals surface area contributed by atoms with E-state index in [2.05, 4.69) is 6.92 Å². The molecule has 2 heteroatoms. The summed E-state index contributed by atoms with van der Waals surface area (Å²) < 4.78 is 5.53. The highest BCUT2D eigenvalue weighted by molar-refractivity contribution is 5.50. The van der Waals surface area contributed by atoms with Crippen molar-refractivity contribution in [3.8, 4) is 5.75 Å². The van der Waals surface area contributed by atoms with Gasteiger partial charge in [-0.3, -0.25) is 0 Å². The number of aliphatic hydroxyl groups excluding tert-OH is 1. The van der Waals surface area contributed by atoms with Crippen LogP contribution in [-0.4, -0.2) is 18.3 Å². The van der Waals surface area contributed by atoms with Crippen LogP contribution in [0.15, 0.2) is 30.3 Å². The zero-order valence-corrected chi connectivity index (χ0v) is 9.15. The van der Waals surface area contributed by atoms with Crippen molar-refractivity contribution >= 4 is 6.08 Å². The summed E-state index contributed by atoms with van der Waals surface area (Å²) in [5, 5.41) is 8.61. The maximum Gasteiger partial charge on any atom is 0.119 e. The molecule has 82 valence electrons. The molecule has 0 fully saturated rings. The van der Waals surface area contributed by atoms with Gasteiger partial charge in [-0.15, -0.1) is 0 Å². The molecule has 0 aliphatic heterocycles. The Morgan fingerprint density at radius 2 is 2.00 bits per heavy atom. The fourth-order valence-corrected chi connectivity index (χ4v) is 1.20. The van der Waals surface area contributed by atoms with E-state index in [0.29, 0.717) is 0 Å². The van der Waals surface area contributed by atoms with E-state index in [1.54, 1.807) is 6.08 Å². The molecule has 2 nitrogen and oxygen atoms in total. The molecule has 0 amide bonds. The van der Waals surface area contributed by atoms with Gasteiger partial charge in [-0.25, -0.2) is 0 Å². The first-order valence-electron chi connectivity index (χ1n) is 5.37. The van der Waals surface area contributed by atoms with Gasteiger partial charge in [0.25, 0.3) is 0 Å². The van der Waals surface area contributed by atoms with Crippen LogP contribution >= 0.6 is 0 Å². The molecule has 0 unspecified atom stereocenters. The van der Waals surface area contributed by atoms with Gasteiger partial charge in [-0.2, -0.15) is 0 Å². The van der Waals surface area contributed by atoms with Crippen LogP contribution in [0.2, 0.25) is 0 Å². The zero-order valence-electron chi connectivity index (χ0n) is 9.15. The van der Waals surface area contributed by atoms with Crippen molar-refractivity contribution in [2.24, 2.45) is 0 Å². The van der Waals surface area contributed by atoms with Gasteiger partial charge in [-0.05, 0) is 24.1 Å². The Labute approximate surface area is 91.2 Å². The highest BCUT2D eigenvalue weighted by Gasteiger charge is 1.92. The molecular formula is C13H18O2. The SMILES string of the molecule is CCCCOc1ccc(C=CCO)cc1. The smallest absolute Gasteiger partial charge is 0.119 e. The van der Waals surface area contributed by atoms with Crippen LogP contribution in [0.1, 0.15) is 25.3 Å². The van der Waals surface area contributed by atoms with E-state index in [9.17, 15) is 0 Å². The molecule has 15 heavy (non-hydrogen) atoms. The largest absolute Gasteiger partial charge is 0.494 e. The summed E-state index contributed by atoms with van der Waals surface area (Å²) in [5.41, 5.74) is 1.08. The van der Waals surface area contributed by atoms with Gasteiger partial charge in [0, 0.05) is 0 Å². The fraction of sp³-hybridized carbons (Fsp3) is 0.385. The Bertz CT molecular complexity index is 288. The molecule has 0 radical (unpaired) electrons. The van der Waals surface area contributed by atoms with Crippen LogP contribution in [0.5, 0.6) is 5.75 Å². The lowest BCUT2D eigenvalue weighted by Gasteiger charge is -2.04. The van der Waals surface area contributed by atoms with E-state index in [1.807, 2.05) is 30.3 Å². The van der Waals surface area contributed by atoms with Gasteiger partial charge < -0.3 is 9.84 Å². The van der Waals surface area contributed by atoms with Gasteiger partial charge in [0.1, 0.15) is 5.75 Å².